The van der Waals surface area contributed by atoms with Crippen LogP contribution >= 0.6 is 0 Å². The minimum atomic E-state index is -0.447. The second kappa shape index (κ2) is 13.6. The molecule has 3 saturated carbocycles. The van der Waals surface area contributed by atoms with Crippen LogP contribution in [0.3, 0.4) is 0 Å². The lowest BCUT2D eigenvalue weighted by Gasteiger charge is -2.55. The van der Waals surface area contributed by atoms with Crippen molar-refractivity contribution in [3.63, 3.8) is 0 Å². The molecule has 0 bridgehead atoms. The molecule has 0 radical (unpaired) electrons. The van der Waals surface area contributed by atoms with Crippen LogP contribution in [0.2, 0.25) is 0 Å². The number of anilines is 2. The molecule has 2 aromatic carbocycles. The van der Waals surface area contributed by atoms with Crippen LogP contribution in [-0.2, 0) is 20.8 Å². The van der Waals surface area contributed by atoms with Crippen LogP contribution in [0.15, 0.2) is 59.7 Å². The number of rotatable bonds is 6. The van der Waals surface area contributed by atoms with E-state index in [1.165, 1.54) is 43.4 Å². The van der Waals surface area contributed by atoms with Crippen LogP contribution in [0.1, 0.15) is 108 Å². The summed E-state index contributed by atoms with van der Waals surface area (Å²) in [5.74, 6) is 1.59. The molecule has 1 amide bonds. The van der Waals surface area contributed by atoms with Crippen molar-refractivity contribution in [3.05, 3.63) is 70.8 Å². The van der Waals surface area contributed by atoms with E-state index in [2.05, 4.69) is 67.4 Å². The first-order valence-corrected chi connectivity index (χ1v) is 19.6. The van der Waals surface area contributed by atoms with E-state index in [9.17, 15) is 9.18 Å². The molecule has 6 unspecified atom stereocenters. The van der Waals surface area contributed by atoms with Crippen LogP contribution in [0.5, 0.6) is 0 Å². The Kier molecular flexibility index (Phi) is 9.29. The Morgan fingerprint density at radius 3 is 2.38 bits per heavy atom. The molecule has 7 heteroatoms. The molecular formula is C43H57FN2O4. The summed E-state index contributed by atoms with van der Waals surface area (Å²) in [5.41, 5.74) is 7.64. The van der Waals surface area contributed by atoms with Crippen LogP contribution in [0.25, 0.3) is 0 Å². The second-order valence-electron chi connectivity index (χ2n) is 17.6. The summed E-state index contributed by atoms with van der Waals surface area (Å²) in [6.45, 7) is 10.5. The Bertz CT molecular complexity index is 1550. The summed E-state index contributed by atoms with van der Waals surface area (Å²) in [6.07, 6.45) is 11.8. The highest BCUT2D eigenvalue weighted by atomic mass is 19.1. The van der Waals surface area contributed by atoms with Crippen molar-refractivity contribution in [1.29, 1.82) is 0 Å². The predicted molar refractivity (Wildman–Crippen MR) is 196 cm³/mol. The average molecular weight is 685 g/mol. The lowest BCUT2D eigenvalue weighted by molar-refractivity contribution is -0.312. The fourth-order valence-corrected chi connectivity index (χ4v) is 10.9. The van der Waals surface area contributed by atoms with Crippen LogP contribution in [0, 0.1) is 34.5 Å². The number of alkyl halides is 1. The fourth-order valence-electron chi connectivity index (χ4n) is 10.9. The summed E-state index contributed by atoms with van der Waals surface area (Å²) in [6, 6.07) is 16.8. The van der Waals surface area contributed by atoms with Crippen molar-refractivity contribution in [2.45, 2.75) is 110 Å². The summed E-state index contributed by atoms with van der Waals surface area (Å²) >= 11 is 0. The maximum atomic E-state index is 14.5. The second-order valence-corrected chi connectivity index (χ2v) is 17.6. The van der Waals surface area contributed by atoms with Gasteiger partial charge in [0.25, 0.3) is 0 Å². The minimum absolute atomic E-state index is 0.0178. The third-order valence-electron chi connectivity index (χ3n) is 13.8. The molecule has 50 heavy (non-hydrogen) atoms. The number of nitrogens with one attached hydrogen (secondary N) is 1. The number of carbonyl (C=O) groups excluding carboxylic acids is 1. The number of carbonyl (C=O) groups is 1. The fraction of sp³-hybridized carbons (Fsp3) is 0.651. The SMILES string of the molecule is CC1(C)COC2(CCC3=C4C(c5ccc(COC(=O)Nc6ccc(N7CCCCC7)cc6)cc5)CC5(C)C(CF)CCC5C4CCC3C2)OC1. The molecule has 2 aromatic rings. The first-order valence-electron chi connectivity index (χ1n) is 19.6. The van der Waals surface area contributed by atoms with E-state index in [1.807, 2.05) is 12.1 Å². The molecule has 6 nitrogen and oxygen atoms in total. The third kappa shape index (κ3) is 6.51. The number of allylic oxidation sites excluding steroid dienone is 2. The average Bonchev–Trinajstić information content (AvgIpc) is 3.48. The molecule has 1 N–H and O–H groups in total. The zero-order chi connectivity index (χ0) is 34.5. The smallest absolute Gasteiger partial charge is 0.411 e. The molecule has 0 aromatic heterocycles. The van der Waals surface area contributed by atoms with Gasteiger partial charge in [-0.25, -0.2) is 4.79 Å². The number of nitrogens with zero attached hydrogens (tertiary/aromatic N) is 1. The maximum Gasteiger partial charge on any atom is 0.411 e. The van der Waals surface area contributed by atoms with Gasteiger partial charge in [0.05, 0.1) is 19.9 Å². The quantitative estimate of drug-likeness (QED) is 0.307. The van der Waals surface area contributed by atoms with Crippen LogP contribution in [-0.4, -0.2) is 44.9 Å². The number of halogens is 1. The van der Waals surface area contributed by atoms with E-state index in [0.717, 1.165) is 76.1 Å². The zero-order valence-electron chi connectivity index (χ0n) is 30.5. The zero-order valence-corrected chi connectivity index (χ0v) is 30.5. The predicted octanol–water partition coefficient (Wildman–Crippen LogP) is 10.2. The molecule has 1 spiro atoms. The molecule has 2 heterocycles. The molecule has 2 saturated heterocycles. The van der Waals surface area contributed by atoms with Gasteiger partial charge in [-0.15, -0.1) is 0 Å². The molecular weight excluding hydrogens is 627 g/mol. The molecule has 8 rings (SSSR count). The van der Waals surface area contributed by atoms with Gasteiger partial charge in [0, 0.05) is 48.6 Å². The van der Waals surface area contributed by atoms with Crippen molar-refractivity contribution in [2.24, 2.45) is 34.5 Å². The van der Waals surface area contributed by atoms with Gasteiger partial charge >= 0.3 is 6.09 Å². The van der Waals surface area contributed by atoms with Gasteiger partial charge in [-0.05, 0) is 122 Å². The Morgan fingerprint density at radius 1 is 0.920 bits per heavy atom. The molecule has 6 aliphatic rings. The Hall–Kier alpha value is -2.90. The number of piperidine rings is 1. The number of fused-ring (bicyclic) bond motifs is 4. The van der Waals surface area contributed by atoms with Crippen molar-refractivity contribution in [3.8, 4) is 0 Å². The van der Waals surface area contributed by atoms with Gasteiger partial charge in [0.15, 0.2) is 5.79 Å². The molecule has 270 valence electrons. The highest BCUT2D eigenvalue weighted by Gasteiger charge is 2.58. The molecule has 6 atom stereocenters. The Morgan fingerprint density at radius 2 is 1.66 bits per heavy atom. The number of hydrogen-bond donors (Lipinski definition) is 1. The van der Waals surface area contributed by atoms with Crippen molar-refractivity contribution < 1.29 is 23.4 Å². The topological polar surface area (TPSA) is 60.0 Å². The molecule has 4 aliphatic carbocycles. The summed E-state index contributed by atoms with van der Waals surface area (Å²) in [4.78, 5) is 15.1. The van der Waals surface area contributed by atoms with E-state index in [1.54, 1.807) is 11.1 Å². The number of amides is 1. The summed E-state index contributed by atoms with van der Waals surface area (Å²) in [7, 11) is 0. The summed E-state index contributed by atoms with van der Waals surface area (Å²) in [5, 5.41) is 2.89. The monoisotopic (exact) mass is 684 g/mol. The van der Waals surface area contributed by atoms with E-state index in [-0.39, 0.29) is 30.0 Å². The van der Waals surface area contributed by atoms with Crippen LogP contribution < -0.4 is 10.2 Å². The van der Waals surface area contributed by atoms with Gasteiger partial charge < -0.3 is 19.1 Å². The van der Waals surface area contributed by atoms with Gasteiger partial charge in [-0.3, -0.25) is 9.71 Å². The van der Waals surface area contributed by atoms with E-state index in [4.69, 9.17) is 14.2 Å². The maximum absolute atomic E-state index is 14.5. The number of benzene rings is 2. The lowest BCUT2D eigenvalue weighted by atomic mass is 9.51. The standard InChI is InChI=1S/C43H57FN2O4/c1-41(2)27-49-43(50-28-41)20-19-35-31(23-43)11-17-36-38-18-12-32(25-44)42(38,3)24-37(39(35)36)30-9-7-29(8-10-30)26-48-40(47)45-33-13-15-34(16-14-33)46-21-5-4-6-22-46/h7-10,13-16,31-32,36-38H,4-6,11-12,17-28H2,1-3H3,(H,45,47). The first kappa shape index (κ1) is 34.2. The Labute approximate surface area is 298 Å². The number of hydrogen-bond acceptors (Lipinski definition) is 5. The van der Waals surface area contributed by atoms with E-state index in [0.29, 0.717) is 23.7 Å². The largest absolute Gasteiger partial charge is 0.444 e. The van der Waals surface area contributed by atoms with Crippen LogP contribution in [0.4, 0.5) is 20.6 Å². The van der Waals surface area contributed by atoms with Crippen molar-refractivity contribution in [2.75, 3.05) is 43.2 Å². The summed E-state index contributed by atoms with van der Waals surface area (Å²) < 4.78 is 33.2. The third-order valence-corrected chi connectivity index (χ3v) is 13.8. The highest BCUT2D eigenvalue weighted by molar-refractivity contribution is 5.84. The number of ether oxygens (including phenoxy) is 3. The highest BCUT2D eigenvalue weighted by Crippen LogP contribution is 2.66. The first-order chi connectivity index (χ1) is 24.2. The van der Waals surface area contributed by atoms with Gasteiger partial charge in [0.2, 0.25) is 0 Å². The van der Waals surface area contributed by atoms with Crippen molar-refractivity contribution >= 4 is 17.5 Å². The Balaban J connectivity index is 0.971. The van der Waals surface area contributed by atoms with Gasteiger partial charge in [-0.2, -0.15) is 0 Å². The lowest BCUT2D eigenvalue weighted by Crippen LogP contribution is -2.52. The van der Waals surface area contributed by atoms with E-state index >= 15 is 0 Å². The van der Waals surface area contributed by atoms with Gasteiger partial charge in [-0.1, -0.05) is 56.2 Å². The van der Waals surface area contributed by atoms with Crippen molar-refractivity contribution in [1.82, 2.24) is 0 Å². The molecule has 2 aliphatic heterocycles. The molecule has 5 fully saturated rings. The van der Waals surface area contributed by atoms with Gasteiger partial charge in [0.1, 0.15) is 6.61 Å². The normalized spacial score (nSPS) is 33.0. The van der Waals surface area contributed by atoms with E-state index < -0.39 is 11.9 Å². The minimum Gasteiger partial charge on any atom is -0.444 e.